The Morgan fingerprint density at radius 2 is 1.93 bits per heavy atom. The van der Waals surface area contributed by atoms with Crippen LogP contribution in [-0.4, -0.2) is 42.0 Å². The maximum atomic E-state index is 12.7. The molecule has 2 heterocycles. The van der Waals surface area contributed by atoms with Crippen LogP contribution in [0.5, 0.6) is 5.75 Å². The zero-order valence-electron chi connectivity index (χ0n) is 16.2. The summed E-state index contributed by atoms with van der Waals surface area (Å²) in [6.45, 7) is 3.58. The van der Waals surface area contributed by atoms with E-state index in [4.69, 9.17) is 15.2 Å². The Kier molecular flexibility index (Phi) is 5.96. The summed E-state index contributed by atoms with van der Waals surface area (Å²) in [5.41, 5.74) is 6.59. The molecular formula is C20H22N4O5. The van der Waals surface area contributed by atoms with Gasteiger partial charge in [-0.05, 0) is 49.7 Å². The number of nitrogen functional groups attached to an aromatic ring is 1. The number of pyridine rings is 1. The monoisotopic (exact) mass is 398 g/mol. The largest absolute Gasteiger partial charge is 0.477 e. The summed E-state index contributed by atoms with van der Waals surface area (Å²) in [6, 6.07) is 9.49. The predicted octanol–water partition coefficient (Wildman–Crippen LogP) is 1.98. The van der Waals surface area contributed by atoms with E-state index in [1.165, 1.54) is 4.90 Å². The molecule has 1 atom stereocenters. The zero-order valence-corrected chi connectivity index (χ0v) is 16.2. The number of hydrogen-bond acceptors (Lipinski definition) is 7. The number of amides is 2. The fourth-order valence-electron chi connectivity index (χ4n) is 2.88. The molecule has 29 heavy (non-hydrogen) atoms. The maximum absolute atomic E-state index is 12.7. The van der Waals surface area contributed by atoms with E-state index < -0.39 is 18.0 Å². The van der Waals surface area contributed by atoms with Crippen molar-refractivity contribution >= 4 is 35.1 Å². The smallest absolute Gasteiger partial charge is 0.338 e. The Labute approximate surface area is 167 Å². The van der Waals surface area contributed by atoms with Crippen molar-refractivity contribution in [1.82, 2.24) is 4.98 Å². The number of esters is 1. The minimum absolute atomic E-state index is 0.215. The van der Waals surface area contributed by atoms with E-state index in [1.807, 2.05) is 6.92 Å². The van der Waals surface area contributed by atoms with Gasteiger partial charge in [-0.25, -0.2) is 9.78 Å². The number of aromatic nitrogens is 1. The zero-order chi connectivity index (χ0) is 21.0. The van der Waals surface area contributed by atoms with Gasteiger partial charge >= 0.3 is 5.97 Å². The fraction of sp³-hybridized carbons (Fsp3) is 0.300. The molecule has 1 aliphatic rings. The number of nitrogens with one attached hydrogen (secondary N) is 1. The Bertz CT molecular complexity index is 929. The molecule has 1 aliphatic heterocycles. The van der Waals surface area contributed by atoms with Gasteiger partial charge in [0, 0.05) is 5.69 Å². The van der Waals surface area contributed by atoms with Crippen LogP contribution in [0.1, 0.15) is 30.6 Å². The van der Waals surface area contributed by atoms with Gasteiger partial charge in [0.2, 0.25) is 5.91 Å². The highest BCUT2D eigenvalue weighted by Gasteiger charge is 2.35. The SMILES string of the molecule is CCOC(=O)c1ccc(NC(=O)CN2C(=O)C(CC)Oc3ccc(N)nc32)cc1. The number of nitrogens with two attached hydrogens (primary N) is 1. The molecule has 0 aliphatic carbocycles. The first-order chi connectivity index (χ1) is 13.9. The first kappa shape index (κ1) is 20.1. The maximum Gasteiger partial charge on any atom is 0.338 e. The molecule has 0 saturated carbocycles. The Morgan fingerprint density at radius 3 is 2.59 bits per heavy atom. The van der Waals surface area contributed by atoms with Gasteiger partial charge in [0.05, 0.1) is 12.2 Å². The van der Waals surface area contributed by atoms with Crippen LogP contribution in [0.4, 0.5) is 17.3 Å². The van der Waals surface area contributed by atoms with Crippen molar-refractivity contribution in [3.63, 3.8) is 0 Å². The fourth-order valence-corrected chi connectivity index (χ4v) is 2.88. The quantitative estimate of drug-likeness (QED) is 0.713. The summed E-state index contributed by atoms with van der Waals surface area (Å²) >= 11 is 0. The van der Waals surface area contributed by atoms with Gasteiger partial charge in [-0.3, -0.25) is 14.5 Å². The first-order valence-corrected chi connectivity index (χ1v) is 9.24. The lowest BCUT2D eigenvalue weighted by molar-refractivity contribution is -0.128. The third kappa shape index (κ3) is 4.45. The molecule has 2 amide bonds. The average Bonchev–Trinajstić information content (AvgIpc) is 2.71. The highest BCUT2D eigenvalue weighted by atomic mass is 16.5. The van der Waals surface area contributed by atoms with E-state index >= 15 is 0 Å². The number of anilines is 3. The number of rotatable bonds is 6. The van der Waals surface area contributed by atoms with Crippen molar-refractivity contribution in [2.75, 3.05) is 29.1 Å². The minimum atomic E-state index is -0.690. The molecule has 3 N–H and O–H groups in total. The summed E-state index contributed by atoms with van der Waals surface area (Å²) in [6.07, 6.45) is -0.236. The van der Waals surface area contributed by atoms with Crippen LogP contribution in [0.25, 0.3) is 0 Å². The van der Waals surface area contributed by atoms with E-state index in [2.05, 4.69) is 10.3 Å². The van der Waals surface area contributed by atoms with E-state index in [-0.39, 0.29) is 30.7 Å². The molecule has 0 bridgehead atoms. The Balaban J connectivity index is 1.73. The van der Waals surface area contributed by atoms with Crippen LogP contribution in [0, 0.1) is 0 Å². The molecule has 2 aromatic rings. The molecule has 9 heteroatoms. The third-order valence-corrected chi connectivity index (χ3v) is 4.28. The van der Waals surface area contributed by atoms with Crippen LogP contribution in [0.3, 0.4) is 0 Å². The van der Waals surface area contributed by atoms with Crippen LogP contribution in [0.2, 0.25) is 0 Å². The molecule has 9 nitrogen and oxygen atoms in total. The predicted molar refractivity (Wildman–Crippen MR) is 107 cm³/mol. The number of carbonyl (C=O) groups is 3. The molecule has 1 unspecified atom stereocenters. The molecule has 152 valence electrons. The van der Waals surface area contributed by atoms with Crippen LogP contribution < -0.4 is 20.7 Å². The van der Waals surface area contributed by atoms with Crippen molar-refractivity contribution in [2.24, 2.45) is 0 Å². The summed E-state index contributed by atoms with van der Waals surface area (Å²) < 4.78 is 10.6. The molecule has 3 rings (SSSR count). The molecular weight excluding hydrogens is 376 g/mol. The van der Waals surface area contributed by atoms with Crippen LogP contribution >= 0.6 is 0 Å². The number of carbonyl (C=O) groups excluding carboxylic acids is 3. The first-order valence-electron chi connectivity index (χ1n) is 9.24. The number of benzene rings is 1. The van der Waals surface area contributed by atoms with Gasteiger partial charge in [-0.1, -0.05) is 6.92 Å². The molecule has 0 saturated heterocycles. The standard InChI is InChI=1S/C20H22N4O5/c1-3-14-19(26)24(18-15(29-14)9-10-16(21)23-18)11-17(25)22-13-7-5-12(6-8-13)20(27)28-4-2/h5-10,14H,3-4,11H2,1-2H3,(H2,21,23)(H,22,25). The second kappa shape index (κ2) is 8.59. The van der Waals surface area contributed by atoms with Crippen molar-refractivity contribution in [3.05, 3.63) is 42.0 Å². The van der Waals surface area contributed by atoms with Crippen molar-refractivity contribution in [1.29, 1.82) is 0 Å². The molecule has 1 aromatic heterocycles. The second-order valence-electron chi connectivity index (χ2n) is 6.34. The van der Waals surface area contributed by atoms with Gasteiger partial charge in [0.15, 0.2) is 17.7 Å². The number of hydrogen-bond donors (Lipinski definition) is 2. The normalized spacial score (nSPS) is 15.3. The number of ether oxygens (including phenoxy) is 2. The van der Waals surface area contributed by atoms with Crippen molar-refractivity contribution < 1.29 is 23.9 Å². The van der Waals surface area contributed by atoms with E-state index in [0.717, 1.165) is 0 Å². The lowest BCUT2D eigenvalue weighted by atomic mass is 10.2. The highest BCUT2D eigenvalue weighted by molar-refractivity contribution is 6.05. The van der Waals surface area contributed by atoms with Crippen LogP contribution in [-0.2, 0) is 14.3 Å². The topological polar surface area (TPSA) is 124 Å². The second-order valence-corrected chi connectivity index (χ2v) is 6.34. The number of nitrogens with zero attached hydrogens (tertiary/aromatic N) is 2. The van der Waals surface area contributed by atoms with E-state index in [1.54, 1.807) is 43.3 Å². The lowest BCUT2D eigenvalue weighted by Gasteiger charge is -2.32. The van der Waals surface area contributed by atoms with Crippen LogP contribution in [0.15, 0.2) is 36.4 Å². The Hall–Kier alpha value is -3.62. The van der Waals surface area contributed by atoms with Crippen molar-refractivity contribution in [2.45, 2.75) is 26.4 Å². The van der Waals surface area contributed by atoms with Gasteiger partial charge < -0.3 is 20.5 Å². The van der Waals surface area contributed by atoms with E-state index in [9.17, 15) is 14.4 Å². The molecule has 0 radical (unpaired) electrons. The Morgan fingerprint density at radius 1 is 1.21 bits per heavy atom. The van der Waals surface area contributed by atoms with Gasteiger partial charge in [0.25, 0.3) is 5.91 Å². The molecule has 0 fully saturated rings. The molecule has 0 spiro atoms. The molecule has 1 aromatic carbocycles. The third-order valence-electron chi connectivity index (χ3n) is 4.28. The summed E-state index contributed by atoms with van der Waals surface area (Å²) in [5.74, 6) is -0.380. The van der Waals surface area contributed by atoms with Gasteiger partial charge in [0.1, 0.15) is 12.4 Å². The number of fused-ring (bicyclic) bond motifs is 1. The average molecular weight is 398 g/mol. The minimum Gasteiger partial charge on any atom is -0.477 e. The van der Waals surface area contributed by atoms with Gasteiger partial charge in [-0.2, -0.15) is 0 Å². The lowest BCUT2D eigenvalue weighted by Crippen LogP contribution is -2.49. The summed E-state index contributed by atoms with van der Waals surface area (Å²) in [5, 5.41) is 2.70. The summed E-state index contributed by atoms with van der Waals surface area (Å²) in [4.78, 5) is 42.3. The van der Waals surface area contributed by atoms with Crippen molar-refractivity contribution in [3.8, 4) is 5.75 Å². The van der Waals surface area contributed by atoms with Gasteiger partial charge in [-0.15, -0.1) is 0 Å². The van der Waals surface area contributed by atoms with E-state index in [0.29, 0.717) is 23.4 Å². The summed E-state index contributed by atoms with van der Waals surface area (Å²) in [7, 11) is 0. The highest BCUT2D eigenvalue weighted by Crippen LogP contribution is 2.33.